The number of rotatable bonds is 4. The predicted octanol–water partition coefficient (Wildman–Crippen LogP) is 3.73. The van der Waals surface area contributed by atoms with Gasteiger partial charge in [-0.25, -0.2) is 4.39 Å². The minimum absolute atomic E-state index is 0.162. The van der Waals surface area contributed by atoms with Crippen LogP contribution in [0, 0.1) is 23.1 Å². The van der Waals surface area contributed by atoms with Gasteiger partial charge in [0.1, 0.15) is 5.82 Å². The number of hydrogen-bond donors (Lipinski definition) is 0. The van der Waals surface area contributed by atoms with Crippen molar-refractivity contribution in [2.75, 3.05) is 0 Å². The van der Waals surface area contributed by atoms with Crippen LogP contribution in [0.4, 0.5) is 4.39 Å². The molecule has 0 N–H and O–H groups in total. The van der Waals surface area contributed by atoms with Crippen molar-refractivity contribution >= 4 is 15.9 Å². The largest absolute Gasteiger partial charge is 0.339 e. The normalized spacial score (nSPS) is 12.1. The number of aromatic nitrogens is 2. The quantitative estimate of drug-likeness (QED) is 0.860. The summed E-state index contributed by atoms with van der Waals surface area (Å²) in [4.78, 5) is 4.25. The van der Waals surface area contributed by atoms with Gasteiger partial charge >= 0.3 is 0 Å². The molecule has 1 heterocycles. The van der Waals surface area contributed by atoms with Crippen LogP contribution in [0.3, 0.4) is 0 Å². The summed E-state index contributed by atoms with van der Waals surface area (Å²) in [5.74, 6) is 0.719. The van der Waals surface area contributed by atoms with Gasteiger partial charge in [-0.15, -0.1) is 0 Å². The van der Waals surface area contributed by atoms with Crippen LogP contribution in [0.15, 0.2) is 27.2 Å². The molecule has 98 valence electrons. The molecule has 0 saturated carbocycles. The van der Waals surface area contributed by atoms with Gasteiger partial charge in [0.15, 0.2) is 0 Å². The van der Waals surface area contributed by atoms with E-state index in [2.05, 4.69) is 32.1 Å². The van der Waals surface area contributed by atoms with Crippen molar-refractivity contribution in [1.82, 2.24) is 10.1 Å². The fourth-order valence-corrected chi connectivity index (χ4v) is 2.17. The van der Waals surface area contributed by atoms with E-state index < -0.39 is 0 Å². The lowest BCUT2D eigenvalue weighted by Crippen LogP contribution is -1.98. The third kappa shape index (κ3) is 3.38. The van der Waals surface area contributed by atoms with E-state index in [1.807, 2.05) is 6.92 Å². The first-order chi connectivity index (χ1) is 9.10. The lowest BCUT2D eigenvalue weighted by Gasteiger charge is -2.00. The Morgan fingerprint density at radius 1 is 1.53 bits per heavy atom. The molecule has 2 aromatic rings. The Kier molecular flexibility index (Phi) is 4.27. The molecule has 1 aromatic heterocycles. The number of benzene rings is 1. The van der Waals surface area contributed by atoms with Crippen LogP contribution in [0.1, 0.15) is 19.2 Å². The van der Waals surface area contributed by atoms with Gasteiger partial charge < -0.3 is 4.52 Å². The average Bonchev–Trinajstić information content (AvgIpc) is 2.77. The van der Waals surface area contributed by atoms with Crippen molar-refractivity contribution in [3.63, 3.8) is 0 Å². The molecule has 0 amide bonds. The zero-order chi connectivity index (χ0) is 13.8. The highest BCUT2D eigenvalue weighted by atomic mass is 79.9. The van der Waals surface area contributed by atoms with Gasteiger partial charge in [0.2, 0.25) is 11.7 Å². The van der Waals surface area contributed by atoms with Gasteiger partial charge in [0.05, 0.1) is 6.07 Å². The van der Waals surface area contributed by atoms with Crippen molar-refractivity contribution in [3.05, 3.63) is 34.4 Å². The molecule has 0 aliphatic carbocycles. The molecule has 0 spiro atoms. The second-order valence-corrected chi connectivity index (χ2v) is 5.16. The summed E-state index contributed by atoms with van der Waals surface area (Å²) in [6.45, 7) is 1.95. The summed E-state index contributed by atoms with van der Waals surface area (Å²) in [5.41, 5.74) is 0.671. The smallest absolute Gasteiger partial charge is 0.227 e. The van der Waals surface area contributed by atoms with Gasteiger partial charge in [-0.1, -0.05) is 12.1 Å². The van der Waals surface area contributed by atoms with Crippen LogP contribution in [0.2, 0.25) is 0 Å². The summed E-state index contributed by atoms with van der Waals surface area (Å²) < 4.78 is 18.7. The van der Waals surface area contributed by atoms with Crippen LogP contribution >= 0.6 is 15.9 Å². The highest BCUT2D eigenvalue weighted by molar-refractivity contribution is 9.10. The van der Waals surface area contributed by atoms with E-state index >= 15 is 0 Å². The van der Waals surface area contributed by atoms with Crippen LogP contribution in [-0.4, -0.2) is 10.1 Å². The number of halogens is 2. The zero-order valence-electron chi connectivity index (χ0n) is 10.2. The summed E-state index contributed by atoms with van der Waals surface area (Å²) in [7, 11) is 0. The van der Waals surface area contributed by atoms with Gasteiger partial charge in [0, 0.05) is 22.9 Å². The molecule has 0 radical (unpaired) electrons. The third-order valence-corrected chi connectivity index (χ3v) is 3.26. The molecule has 19 heavy (non-hydrogen) atoms. The topological polar surface area (TPSA) is 62.7 Å². The lowest BCUT2D eigenvalue weighted by molar-refractivity contribution is 0.359. The van der Waals surface area contributed by atoms with Crippen LogP contribution in [-0.2, 0) is 6.42 Å². The Hall–Kier alpha value is -1.74. The summed E-state index contributed by atoms with van der Waals surface area (Å²) in [6.07, 6.45) is 0.997. The summed E-state index contributed by atoms with van der Waals surface area (Å²) in [6, 6.07) is 6.39. The van der Waals surface area contributed by atoms with Crippen LogP contribution in [0.5, 0.6) is 0 Å². The Morgan fingerprint density at radius 3 is 3.00 bits per heavy atom. The van der Waals surface area contributed by atoms with Crippen molar-refractivity contribution in [2.24, 2.45) is 5.92 Å². The highest BCUT2D eigenvalue weighted by Gasteiger charge is 2.14. The Morgan fingerprint density at radius 2 is 2.32 bits per heavy atom. The van der Waals surface area contributed by atoms with Gasteiger partial charge in [-0.3, -0.25) is 0 Å². The molecule has 0 bridgehead atoms. The van der Waals surface area contributed by atoms with E-state index in [1.165, 1.54) is 12.1 Å². The van der Waals surface area contributed by atoms with Crippen molar-refractivity contribution in [3.8, 4) is 17.5 Å². The fourth-order valence-electron chi connectivity index (χ4n) is 1.64. The molecule has 1 aromatic carbocycles. The van der Waals surface area contributed by atoms with E-state index in [-0.39, 0.29) is 11.7 Å². The molecular weight excluding hydrogens is 313 g/mol. The van der Waals surface area contributed by atoms with E-state index in [4.69, 9.17) is 9.78 Å². The molecule has 1 unspecified atom stereocenters. The lowest BCUT2D eigenvalue weighted by atomic mass is 10.1. The standard InChI is InChI=1S/C13H11BrFN3O/c1-8(4-5-16)6-12-17-13(18-19-12)10-3-2-9(15)7-11(10)14/h2-3,7-8H,4,6H2,1H3. The number of nitrogens with zero attached hydrogens (tertiary/aromatic N) is 3. The molecule has 1 atom stereocenters. The van der Waals surface area contributed by atoms with E-state index in [0.717, 1.165) is 0 Å². The van der Waals surface area contributed by atoms with Gasteiger partial charge in [-0.2, -0.15) is 10.2 Å². The van der Waals surface area contributed by atoms with Crippen molar-refractivity contribution in [1.29, 1.82) is 5.26 Å². The second-order valence-electron chi connectivity index (χ2n) is 4.31. The monoisotopic (exact) mass is 323 g/mol. The number of nitriles is 1. The third-order valence-electron chi connectivity index (χ3n) is 2.60. The summed E-state index contributed by atoms with van der Waals surface area (Å²) >= 11 is 3.26. The first-order valence-electron chi connectivity index (χ1n) is 5.75. The summed E-state index contributed by atoms with van der Waals surface area (Å²) in [5, 5.41) is 12.5. The Bertz CT molecular complexity index is 621. The second kappa shape index (κ2) is 5.93. The first-order valence-corrected chi connectivity index (χ1v) is 6.54. The Balaban J connectivity index is 2.19. The van der Waals surface area contributed by atoms with Crippen LogP contribution < -0.4 is 0 Å². The van der Waals surface area contributed by atoms with E-state index in [1.54, 1.807) is 6.07 Å². The maximum Gasteiger partial charge on any atom is 0.227 e. The fraction of sp³-hybridized carbons (Fsp3) is 0.308. The van der Waals surface area contributed by atoms with Crippen LogP contribution in [0.25, 0.3) is 11.4 Å². The molecular formula is C13H11BrFN3O. The predicted molar refractivity (Wildman–Crippen MR) is 70.5 cm³/mol. The molecule has 0 fully saturated rings. The van der Waals surface area contributed by atoms with E-state index in [9.17, 15) is 4.39 Å². The molecule has 6 heteroatoms. The molecule has 0 saturated heterocycles. The Labute approximate surface area is 118 Å². The minimum Gasteiger partial charge on any atom is -0.339 e. The maximum absolute atomic E-state index is 13.0. The van der Waals surface area contributed by atoms with E-state index in [0.29, 0.717) is 34.6 Å². The number of hydrogen-bond acceptors (Lipinski definition) is 4. The first kappa shape index (κ1) is 13.7. The molecule has 0 aliphatic heterocycles. The average molecular weight is 324 g/mol. The molecule has 0 aliphatic rings. The highest BCUT2D eigenvalue weighted by Crippen LogP contribution is 2.27. The minimum atomic E-state index is -0.331. The van der Waals surface area contributed by atoms with Gasteiger partial charge in [0.25, 0.3) is 0 Å². The van der Waals surface area contributed by atoms with Crippen molar-refractivity contribution < 1.29 is 8.91 Å². The molecule has 4 nitrogen and oxygen atoms in total. The SMILES string of the molecule is CC(CC#N)Cc1nc(-c2ccc(F)cc2Br)no1. The zero-order valence-corrected chi connectivity index (χ0v) is 11.8. The maximum atomic E-state index is 13.0. The van der Waals surface area contributed by atoms with Gasteiger partial charge in [-0.05, 0) is 40.0 Å². The van der Waals surface area contributed by atoms with Crippen molar-refractivity contribution in [2.45, 2.75) is 19.8 Å². The molecule has 2 rings (SSSR count).